The van der Waals surface area contributed by atoms with Crippen molar-refractivity contribution >= 4 is 17.7 Å². The van der Waals surface area contributed by atoms with Gasteiger partial charge in [0.1, 0.15) is 0 Å². The van der Waals surface area contributed by atoms with E-state index in [0.29, 0.717) is 6.54 Å². The molecule has 3 nitrogen and oxygen atoms in total. The second kappa shape index (κ2) is 6.13. The summed E-state index contributed by atoms with van der Waals surface area (Å²) in [6, 6.07) is 23.6. The minimum absolute atomic E-state index is 0.0263. The van der Waals surface area contributed by atoms with Gasteiger partial charge in [0.2, 0.25) is 0 Å². The largest absolute Gasteiger partial charge is 0.302 e. The Morgan fingerprint density at radius 3 is 2.29 bits per heavy atom. The molecule has 0 saturated heterocycles. The van der Waals surface area contributed by atoms with Crippen LogP contribution in [0.1, 0.15) is 27.2 Å². The fraction of sp³-hybridized carbons (Fsp3) is 0.0476. The molecule has 0 N–H and O–H groups in total. The lowest BCUT2D eigenvalue weighted by Gasteiger charge is -2.18. The first-order valence-corrected chi connectivity index (χ1v) is 7.91. The quantitative estimate of drug-likeness (QED) is 0.725. The zero-order chi connectivity index (χ0) is 16.4. The number of fused-ring (bicyclic) bond motifs is 1. The van der Waals surface area contributed by atoms with E-state index in [2.05, 4.69) is 11.1 Å². The highest BCUT2D eigenvalue weighted by Crippen LogP contribution is 2.35. The molecule has 0 atom stereocenters. The van der Waals surface area contributed by atoms with Crippen molar-refractivity contribution in [3.05, 3.63) is 101 Å². The molecule has 2 aromatic carbocycles. The van der Waals surface area contributed by atoms with Crippen LogP contribution >= 0.6 is 0 Å². The molecule has 2 heterocycles. The van der Waals surface area contributed by atoms with Crippen molar-refractivity contribution in [3.63, 3.8) is 0 Å². The fourth-order valence-electron chi connectivity index (χ4n) is 2.97. The molecule has 3 heteroatoms. The minimum Gasteiger partial charge on any atom is -0.302 e. The Morgan fingerprint density at radius 1 is 0.833 bits per heavy atom. The third kappa shape index (κ3) is 2.61. The Labute approximate surface area is 140 Å². The maximum atomic E-state index is 12.9. The van der Waals surface area contributed by atoms with Crippen LogP contribution in [0.2, 0.25) is 0 Å². The van der Waals surface area contributed by atoms with Crippen molar-refractivity contribution in [1.82, 2.24) is 9.88 Å². The number of carbonyl (C=O) groups is 1. The Hall–Kier alpha value is -3.20. The number of carbonyl (C=O) groups excluding carboxylic acids is 1. The van der Waals surface area contributed by atoms with Gasteiger partial charge in [-0.05, 0) is 29.8 Å². The second-order valence-electron chi connectivity index (χ2n) is 5.70. The summed E-state index contributed by atoms with van der Waals surface area (Å²) in [6.45, 7) is 0.465. The molecule has 0 radical (unpaired) electrons. The third-order valence-corrected chi connectivity index (χ3v) is 4.12. The first-order valence-electron chi connectivity index (χ1n) is 7.91. The number of nitrogens with zero attached hydrogens (tertiary/aromatic N) is 2. The van der Waals surface area contributed by atoms with Crippen LogP contribution in [0.3, 0.4) is 0 Å². The summed E-state index contributed by atoms with van der Waals surface area (Å²) in [5.41, 5.74) is 4.59. The van der Waals surface area contributed by atoms with E-state index in [1.54, 1.807) is 11.1 Å². The molecule has 1 aromatic heterocycles. The summed E-state index contributed by atoms with van der Waals surface area (Å²) in [7, 11) is 0. The van der Waals surface area contributed by atoms with E-state index in [-0.39, 0.29) is 5.91 Å². The maximum Gasteiger partial charge on any atom is 0.259 e. The highest BCUT2D eigenvalue weighted by molar-refractivity contribution is 6.11. The van der Waals surface area contributed by atoms with Gasteiger partial charge in [0.15, 0.2) is 0 Å². The first-order chi connectivity index (χ1) is 11.8. The van der Waals surface area contributed by atoms with E-state index < -0.39 is 0 Å². The van der Waals surface area contributed by atoms with Gasteiger partial charge in [-0.3, -0.25) is 9.78 Å². The molecule has 1 aliphatic heterocycles. The third-order valence-electron chi connectivity index (χ3n) is 4.12. The van der Waals surface area contributed by atoms with Crippen molar-refractivity contribution in [1.29, 1.82) is 0 Å². The normalized spacial score (nSPS) is 14.9. The molecular weight excluding hydrogens is 296 g/mol. The van der Waals surface area contributed by atoms with Gasteiger partial charge in [0, 0.05) is 17.3 Å². The van der Waals surface area contributed by atoms with Crippen molar-refractivity contribution in [3.8, 4) is 0 Å². The maximum absolute atomic E-state index is 12.9. The molecule has 1 amide bonds. The van der Waals surface area contributed by atoms with E-state index in [1.165, 1.54) is 0 Å². The summed E-state index contributed by atoms with van der Waals surface area (Å²) >= 11 is 0. The second-order valence-corrected chi connectivity index (χ2v) is 5.70. The monoisotopic (exact) mass is 312 g/mol. The lowest BCUT2D eigenvalue weighted by molar-refractivity contribution is 0.0842. The first kappa shape index (κ1) is 14.4. The Kier molecular flexibility index (Phi) is 3.67. The highest BCUT2D eigenvalue weighted by atomic mass is 16.2. The van der Waals surface area contributed by atoms with Crippen LogP contribution in [0.5, 0.6) is 0 Å². The Bertz CT molecular complexity index is 901. The van der Waals surface area contributed by atoms with Crippen molar-refractivity contribution < 1.29 is 4.79 Å². The number of amides is 1. The Morgan fingerprint density at radius 2 is 1.54 bits per heavy atom. The van der Waals surface area contributed by atoms with Gasteiger partial charge < -0.3 is 4.90 Å². The molecule has 24 heavy (non-hydrogen) atoms. The van der Waals surface area contributed by atoms with Crippen LogP contribution in [0.25, 0.3) is 11.8 Å². The molecule has 0 bridgehead atoms. The lowest BCUT2D eigenvalue weighted by Crippen LogP contribution is -2.23. The van der Waals surface area contributed by atoms with Gasteiger partial charge in [0.05, 0.1) is 17.9 Å². The average Bonchev–Trinajstić information content (AvgIpc) is 2.90. The summed E-state index contributed by atoms with van der Waals surface area (Å²) < 4.78 is 0. The number of aromatic nitrogens is 1. The molecule has 3 aromatic rings. The fourth-order valence-corrected chi connectivity index (χ4v) is 2.97. The zero-order valence-electron chi connectivity index (χ0n) is 13.1. The standard InChI is InChI=1S/C21H16N2O/c24-21-19-12-5-4-11-18(19)20(14-16-8-2-1-3-9-16)23(21)15-17-10-6-7-13-22-17/h1-14H,15H2/b20-14+. The summed E-state index contributed by atoms with van der Waals surface area (Å²) in [6.07, 6.45) is 3.82. The smallest absolute Gasteiger partial charge is 0.259 e. The van der Waals surface area contributed by atoms with Gasteiger partial charge in [-0.1, -0.05) is 54.6 Å². The number of benzene rings is 2. The van der Waals surface area contributed by atoms with Crippen molar-refractivity contribution in [2.75, 3.05) is 0 Å². The number of hydrogen-bond donors (Lipinski definition) is 0. The summed E-state index contributed by atoms with van der Waals surface area (Å²) in [5, 5.41) is 0. The molecule has 0 fully saturated rings. The topological polar surface area (TPSA) is 33.2 Å². The van der Waals surface area contributed by atoms with Gasteiger partial charge in [-0.15, -0.1) is 0 Å². The van der Waals surface area contributed by atoms with Crippen molar-refractivity contribution in [2.45, 2.75) is 6.54 Å². The lowest BCUT2D eigenvalue weighted by atomic mass is 10.1. The summed E-state index contributed by atoms with van der Waals surface area (Å²) in [4.78, 5) is 19.0. The number of hydrogen-bond acceptors (Lipinski definition) is 2. The van der Waals surface area contributed by atoms with E-state index in [0.717, 1.165) is 28.1 Å². The van der Waals surface area contributed by atoms with E-state index in [9.17, 15) is 4.79 Å². The molecule has 0 unspecified atom stereocenters. The van der Waals surface area contributed by atoms with Crippen LogP contribution in [0.4, 0.5) is 0 Å². The number of rotatable bonds is 3. The molecule has 116 valence electrons. The predicted octanol–water partition coefficient (Wildman–Crippen LogP) is 4.24. The molecule has 1 aliphatic rings. The average molecular weight is 312 g/mol. The van der Waals surface area contributed by atoms with Crippen LogP contribution in [0, 0.1) is 0 Å². The molecule has 0 aliphatic carbocycles. The number of pyridine rings is 1. The van der Waals surface area contributed by atoms with Gasteiger partial charge in [-0.2, -0.15) is 0 Å². The van der Waals surface area contributed by atoms with E-state index >= 15 is 0 Å². The van der Waals surface area contributed by atoms with Gasteiger partial charge in [-0.25, -0.2) is 0 Å². The van der Waals surface area contributed by atoms with Gasteiger partial charge >= 0.3 is 0 Å². The highest BCUT2D eigenvalue weighted by Gasteiger charge is 2.31. The SMILES string of the molecule is O=C1c2ccccc2/C(=C\c2ccccc2)N1Cc1ccccn1. The van der Waals surface area contributed by atoms with Crippen molar-refractivity contribution in [2.24, 2.45) is 0 Å². The van der Waals surface area contributed by atoms with Gasteiger partial charge in [0.25, 0.3) is 5.91 Å². The molecule has 0 saturated carbocycles. The summed E-state index contributed by atoms with van der Waals surface area (Å²) in [5.74, 6) is 0.0263. The molecular formula is C21H16N2O. The van der Waals surface area contributed by atoms with Crippen LogP contribution < -0.4 is 0 Å². The minimum atomic E-state index is 0.0263. The van der Waals surface area contributed by atoms with E-state index in [4.69, 9.17) is 0 Å². The van der Waals surface area contributed by atoms with Crippen LogP contribution in [-0.2, 0) is 6.54 Å². The predicted molar refractivity (Wildman–Crippen MR) is 94.9 cm³/mol. The van der Waals surface area contributed by atoms with Crippen LogP contribution in [0.15, 0.2) is 79.0 Å². The molecule has 4 rings (SSSR count). The molecule has 0 spiro atoms. The van der Waals surface area contributed by atoms with Crippen LogP contribution in [-0.4, -0.2) is 15.8 Å². The van der Waals surface area contributed by atoms with E-state index in [1.807, 2.05) is 72.8 Å². The zero-order valence-corrected chi connectivity index (χ0v) is 13.1. The Balaban J connectivity index is 1.79.